The molecule has 4 nitrogen and oxygen atoms in total. The molecule has 0 unspecified atom stereocenters. The third-order valence-electron chi connectivity index (χ3n) is 6.18. The first kappa shape index (κ1) is 18.4. The third-order valence-corrected chi connectivity index (χ3v) is 6.18. The molecule has 0 atom stereocenters. The van der Waals surface area contributed by atoms with Gasteiger partial charge in [0.05, 0.1) is 5.56 Å². The zero-order valence-electron chi connectivity index (χ0n) is 17.2. The fourth-order valence-corrected chi connectivity index (χ4v) is 4.52. The van der Waals surface area contributed by atoms with Gasteiger partial charge in [0, 0.05) is 55.2 Å². The van der Waals surface area contributed by atoms with Crippen LogP contribution in [0.1, 0.15) is 24.8 Å². The van der Waals surface area contributed by atoms with Crippen LogP contribution in [0.15, 0.2) is 67.0 Å². The number of benzene rings is 2. The molecule has 4 aromatic rings. The molecule has 0 aliphatic carbocycles. The van der Waals surface area contributed by atoms with Crippen molar-refractivity contribution in [3.63, 3.8) is 0 Å². The Morgan fingerprint density at radius 3 is 2.47 bits per heavy atom. The molecule has 0 radical (unpaired) electrons. The van der Waals surface area contributed by atoms with Gasteiger partial charge in [0.15, 0.2) is 0 Å². The lowest BCUT2D eigenvalue weighted by Gasteiger charge is -2.29. The highest BCUT2D eigenvalue weighted by molar-refractivity contribution is 5.90. The number of hydrogen-bond donors (Lipinski definition) is 0. The van der Waals surface area contributed by atoms with Crippen LogP contribution in [0.3, 0.4) is 0 Å². The molecule has 2 aromatic carbocycles. The molecule has 1 aliphatic heterocycles. The molecule has 0 saturated carbocycles. The first-order valence-corrected chi connectivity index (χ1v) is 10.5. The molecule has 0 bridgehead atoms. The molecule has 30 heavy (non-hydrogen) atoms. The maximum atomic E-state index is 9.43. The van der Waals surface area contributed by atoms with Crippen molar-refractivity contribution in [2.75, 3.05) is 18.0 Å². The highest BCUT2D eigenvalue weighted by Gasteiger charge is 2.14. The van der Waals surface area contributed by atoms with E-state index in [-0.39, 0.29) is 0 Å². The Kier molecular flexibility index (Phi) is 4.72. The van der Waals surface area contributed by atoms with Crippen LogP contribution in [0.2, 0.25) is 0 Å². The molecule has 0 spiro atoms. The molecule has 1 fully saturated rings. The van der Waals surface area contributed by atoms with Crippen molar-refractivity contribution in [1.82, 2.24) is 9.55 Å². The predicted molar refractivity (Wildman–Crippen MR) is 122 cm³/mol. The highest BCUT2D eigenvalue weighted by Crippen LogP contribution is 2.32. The van der Waals surface area contributed by atoms with Gasteiger partial charge in [-0.3, -0.25) is 4.98 Å². The monoisotopic (exact) mass is 392 g/mol. The molecule has 5 rings (SSSR count). The molecule has 0 amide bonds. The number of aromatic nitrogens is 2. The van der Waals surface area contributed by atoms with Crippen LogP contribution < -0.4 is 4.90 Å². The second-order valence-corrected chi connectivity index (χ2v) is 7.99. The van der Waals surface area contributed by atoms with Crippen molar-refractivity contribution in [3.05, 3.63) is 72.6 Å². The number of rotatable bonds is 3. The number of anilines is 1. The first-order chi connectivity index (χ1) is 14.7. The van der Waals surface area contributed by atoms with E-state index < -0.39 is 0 Å². The van der Waals surface area contributed by atoms with Gasteiger partial charge in [-0.25, -0.2) is 0 Å². The molecule has 148 valence electrons. The Balaban J connectivity index is 1.51. The number of pyridine rings is 1. The molecule has 4 heteroatoms. The summed E-state index contributed by atoms with van der Waals surface area (Å²) in [6, 6.07) is 21.8. The lowest BCUT2D eigenvalue weighted by Crippen LogP contribution is -2.29. The number of hydrogen-bond acceptors (Lipinski definition) is 3. The SMILES string of the molecule is Cn1c(-c2ccc3cc(N4CCCCC4)ccc3c2)ccc1-c1ccncc1C#N. The molecule has 0 N–H and O–H groups in total. The molecular formula is C26H24N4. The average Bonchev–Trinajstić information content (AvgIpc) is 3.20. The molecular weight excluding hydrogens is 368 g/mol. The van der Waals surface area contributed by atoms with E-state index in [2.05, 4.69) is 76.1 Å². The van der Waals surface area contributed by atoms with Crippen LogP contribution >= 0.6 is 0 Å². The largest absolute Gasteiger partial charge is 0.372 e. The van der Waals surface area contributed by atoms with E-state index in [1.807, 2.05) is 6.07 Å². The summed E-state index contributed by atoms with van der Waals surface area (Å²) >= 11 is 0. The lowest BCUT2D eigenvalue weighted by molar-refractivity contribution is 0.578. The Morgan fingerprint density at radius 1 is 0.867 bits per heavy atom. The van der Waals surface area contributed by atoms with Crippen molar-refractivity contribution < 1.29 is 0 Å². The molecule has 2 aromatic heterocycles. The van der Waals surface area contributed by atoms with E-state index in [9.17, 15) is 5.26 Å². The topological polar surface area (TPSA) is 44.9 Å². The quantitative estimate of drug-likeness (QED) is 0.445. The standard InChI is InChI=1S/C26H24N4/c1-29-25(9-10-26(29)24-11-12-28-18-22(24)17-27)21-6-5-20-16-23(8-7-19(20)15-21)30-13-3-2-4-14-30/h5-12,15-16,18H,2-4,13-14H2,1H3. The first-order valence-electron chi connectivity index (χ1n) is 10.5. The van der Waals surface area contributed by atoms with Gasteiger partial charge in [-0.2, -0.15) is 5.26 Å². The van der Waals surface area contributed by atoms with E-state index in [0.717, 1.165) is 30.0 Å². The normalized spacial score (nSPS) is 14.1. The summed E-state index contributed by atoms with van der Waals surface area (Å²) in [5.41, 5.74) is 6.16. The smallest absolute Gasteiger partial charge is 0.101 e. The number of fused-ring (bicyclic) bond motifs is 1. The van der Waals surface area contributed by atoms with Crippen LogP contribution in [0.5, 0.6) is 0 Å². The maximum Gasteiger partial charge on any atom is 0.101 e. The summed E-state index contributed by atoms with van der Waals surface area (Å²) in [6.45, 7) is 2.32. The molecule has 1 saturated heterocycles. The molecule has 3 heterocycles. The Labute approximate surface area is 177 Å². The predicted octanol–water partition coefficient (Wildman–Crippen LogP) is 5.77. The van der Waals surface area contributed by atoms with Gasteiger partial charge < -0.3 is 9.47 Å². The molecule has 1 aliphatic rings. The average molecular weight is 393 g/mol. The number of piperidine rings is 1. The van der Waals surface area contributed by atoms with Gasteiger partial charge in [-0.1, -0.05) is 18.2 Å². The van der Waals surface area contributed by atoms with E-state index in [1.165, 1.54) is 41.3 Å². The van der Waals surface area contributed by atoms with E-state index in [0.29, 0.717) is 5.56 Å². The van der Waals surface area contributed by atoms with Crippen molar-refractivity contribution in [2.45, 2.75) is 19.3 Å². The fourth-order valence-electron chi connectivity index (χ4n) is 4.52. The minimum Gasteiger partial charge on any atom is -0.372 e. The second kappa shape index (κ2) is 7.68. The van der Waals surface area contributed by atoms with Gasteiger partial charge >= 0.3 is 0 Å². The zero-order chi connectivity index (χ0) is 20.5. The van der Waals surface area contributed by atoms with Crippen LogP contribution in [-0.2, 0) is 7.05 Å². The fraction of sp³-hybridized carbons (Fsp3) is 0.231. The highest BCUT2D eigenvalue weighted by atomic mass is 15.1. The van der Waals surface area contributed by atoms with Crippen molar-refractivity contribution >= 4 is 16.5 Å². The summed E-state index contributed by atoms with van der Waals surface area (Å²) in [5.74, 6) is 0. The van der Waals surface area contributed by atoms with Gasteiger partial charge in [0.1, 0.15) is 6.07 Å². The van der Waals surface area contributed by atoms with Crippen molar-refractivity contribution in [3.8, 4) is 28.6 Å². The van der Waals surface area contributed by atoms with Crippen LogP contribution in [-0.4, -0.2) is 22.6 Å². The van der Waals surface area contributed by atoms with Gasteiger partial charge in [-0.15, -0.1) is 0 Å². The van der Waals surface area contributed by atoms with Crippen LogP contribution in [0.25, 0.3) is 33.3 Å². The van der Waals surface area contributed by atoms with Gasteiger partial charge in [-0.05, 0) is 72.0 Å². The minimum absolute atomic E-state index is 0.592. The van der Waals surface area contributed by atoms with E-state index >= 15 is 0 Å². The summed E-state index contributed by atoms with van der Waals surface area (Å²) in [4.78, 5) is 6.58. The van der Waals surface area contributed by atoms with Crippen LogP contribution in [0.4, 0.5) is 5.69 Å². The Bertz CT molecular complexity index is 1260. The number of nitrogens with zero attached hydrogens (tertiary/aromatic N) is 4. The van der Waals surface area contributed by atoms with E-state index in [1.54, 1.807) is 12.4 Å². The number of nitriles is 1. The Morgan fingerprint density at radius 2 is 1.63 bits per heavy atom. The summed E-state index contributed by atoms with van der Waals surface area (Å²) in [7, 11) is 2.05. The van der Waals surface area contributed by atoms with E-state index in [4.69, 9.17) is 0 Å². The van der Waals surface area contributed by atoms with Crippen molar-refractivity contribution in [1.29, 1.82) is 5.26 Å². The lowest BCUT2D eigenvalue weighted by atomic mass is 10.0. The van der Waals surface area contributed by atoms with Gasteiger partial charge in [0.2, 0.25) is 0 Å². The summed E-state index contributed by atoms with van der Waals surface area (Å²) in [6.07, 6.45) is 7.29. The summed E-state index contributed by atoms with van der Waals surface area (Å²) in [5, 5.41) is 11.9. The third kappa shape index (κ3) is 3.23. The second-order valence-electron chi connectivity index (χ2n) is 7.99. The zero-order valence-corrected chi connectivity index (χ0v) is 17.2. The Hall–Kier alpha value is -3.58. The summed E-state index contributed by atoms with van der Waals surface area (Å²) < 4.78 is 2.15. The minimum atomic E-state index is 0.592. The van der Waals surface area contributed by atoms with Crippen LogP contribution in [0, 0.1) is 11.3 Å². The maximum absolute atomic E-state index is 9.43. The van der Waals surface area contributed by atoms with Gasteiger partial charge in [0.25, 0.3) is 0 Å². The van der Waals surface area contributed by atoms with Crippen molar-refractivity contribution in [2.24, 2.45) is 7.05 Å².